The molecule has 0 saturated carbocycles. The highest BCUT2D eigenvalue weighted by Gasteiger charge is 2.36. The first-order valence-electron chi connectivity index (χ1n) is 7.42. The summed E-state index contributed by atoms with van der Waals surface area (Å²) < 4.78 is 5.72. The number of ether oxygens (including phenoxy) is 1. The highest BCUT2D eigenvalue weighted by atomic mass is 35.5. The number of hydrogen-bond donors (Lipinski definition) is 0. The van der Waals surface area contributed by atoms with E-state index < -0.39 is 11.7 Å². The SMILES string of the molecule is Cc1ccccc1OCCCN1C(=O)C(=O)c2cccc(Cl)c21. The van der Waals surface area contributed by atoms with Gasteiger partial charge in [-0.2, -0.15) is 0 Å². The quantitative estimate of drug-likeness (QED) is 0.621. The molecule has 0 fully saturated rings. The number of fused-ring (bicyclic) bond motifs is 1. The summed E-state index contributed by atoms with van der Waals surface area (Å²) in [7, 11) is 0. The summed E-state index contributed by atoms with van der Waals surface area (Å²) in [6, 6.07) is 12.8. The molecule has 1 heterocycles. The molecule has 0 aliphatic carbocycles. The van der Waals surface area contributed by atoms with E-state index in [1.165, 1.54) is 4.90 Å². The first-order valence-corrected chi connectivity index (χ1v) is 7.80. The predicted molar refractivity (Wildman–Crippen MR) is 89.4 cm³/mol. The molecule has 0 saturated heterocycles. The lowest BCUT2D eigenvalue weighted by molar-refractivity contribution is -0.114. The fourth-order valence-corrected chi connectivity index (χ4v) is 2.93. The van der Waals surface area contributed by atoms with Gasteiger partial charge in [0, 0.05) is 6.54 Å². The van der Waals surface area contributed by atoms with Crippen molar-refractivity contribution >= 4 is 29.0 Å². The molecular weight excluding hydrogens is 314 g/mol. The molecule has 5 heteroatoms. The molecule has 4 nitrogen and oxygen atoms in total. The molecule has 0 atom stereocenters. The van der Waals surface area contributed by atoms with Crippen LogP contribution in [0.3, 0.4) is 0 Å². The summed E-state index contributed by atoms with van der Waals surface area (Å²) in [5.74, 6) is -0.193. The van der Waals surface area contributed by atoms with Crippen LogP contribution < -0.4 is 9.64 Å². The second-order valence-electron chi connectivity index (χ2n) is 5.39. The van der Waals surface area contributed by atoms with Crippen molar-refractivity contribution in [1.82, 2.24) is 0 Å². The number of halogens is 1. The number of ketones is 1. The van der Waals surface area contributed by atoms with Gasteiger partial charge < -0.3 is 9.64 Å². The van der Waals surface area contributed by atoms with E-state index in [4.69, 9.17) is 16.3 Å². The Morgan fingerprint density at radius 3 is 2.65 bits per heavy atom. The predicted octanol–water partition coefficient (Wildman–Crippen LogP) is 3.65. The average molecular weight is 330 g/mol. The summed E-state index contributed by atoms with van der Waals surface area (Å²) in [4.78, 5) is 25.5. The maximum Gasteiger partial charge on any atom is 0.299 e. The van der Waals surface area contributed by atoms with Gasteiger partial charge in [-0.05, 0) is 37.1 Å². The number of Topliss-reactive ketones (excluding diaryl/α,β-unsaturated/α-hetero) is 1. The fraction of sp³-hybridized carbons (Fsp3) is 0.222. The standard InChI is InChI=1S/C18H16ClNO3/c1-12-6-2-3-9-15(12)23-11-5-10-20-16-13(17(21)18(20)22)7-4-8-14(16)19/h2-4,6-9H,5,10-11H2,1H3. The van der Waals surface area contributed by atoms with Gasteiger partial charge in [0.1, 0.15) is 5.75 Å². The zero-order valence-electron chi connectivity index (χ0n) is 12.7. The Morgan fingerprint density at radius 2 is 1.87 bits per heavy atom. The van der Waals surface area contributed by atoms with Crippen molar-refractivity contribution in [3.05, 3.63) is 58.6 Å². The Hall–Kier alpha value is -2.33. The molecule has 2 aromatic rings. The van der Waals surface area contributed by atoms with Gasteiger partial charge in [0.2, 0.25) is 0 Å². The number of carbonyl (C=O) groups excluding carboxylic acids is 2. The number of anilines is 1. The van der Waals surface area contributed by atoms with E-state index >= 15 is 0 Å². The molecule has 23 heavy (non-hydrogen) atoms. The lowest BCUT2D eigenvalue weighted by Gasteiger charge is -2.18. The lowest BCUT2D eigenvalue weighted by Crippen LogP contribution is -2.31. The molecule has 1 amide bonds. The van der Waals surface area contributed by atoms with Crippen LogP contribution in [0.1, 0.15) is 22.3 Å². The number of hydrogen-bond acceptors (Lipinski definition) is 3. The summed E-state index contributed by atoms with van der Waals surface area (Å²) >= 11 is 6.15. The molecule has 0 N–H and O–H groups in total. The van der Waals surface area contributed by atoms with E-state index in [0.717, 1.165) is 11.3 Å². The first kappa shape index (κ1) is 15.6. The summed E-state index contributed by atoms with van der Waals surface area (Å²) in [5.41, 5.74) is 1.95. The molecule has 1 aliphatic heterocycles. The molecular formula is C18H16ClNO3. The molecule has 1 aliphatic rings. The average Bonchev–Trinajstić information content (AvgIpc) is 2.79. The molecule has 0 aromatic heterocycles. The third-order valence-electron chi connectivity index (χ3n) is 3.82. The maximum absolute atomic E-state index is 12.1. The molecule has 0 bridgehead atoms. The second kappa shape index (κ2) is 6.42. The summed E-state index contributed by atoms with van der Waals surface area (Å²) in [6.45, 7) is 2.84. The van der Waals surface area contributed by atoms with Gasteiger partial charge in [-0.25, -0.2) is 0 Å². The Balaban J connectivity index is 1.64. The van der Waals surface area contributed by atoms with Gasteiger partial charge in [-0.15, -0.1) is 0 Å². The van der Waals surface area contributed by atoms with Crippen LogP contribution in [0.4, 0.5) is 5.69 Å². The van der Waals surface area contributed by atoms with Crippen molar-refractivity contribution in [3.63, 3.8) is 0 Å². The van der Waals surface area contributed by atoms with Crippen LogP contribution in [0.25, 0.3) is 0 Å². The lowest BCUT2D eigenvalue weighted by atomic mass is 10.1. The van der Waals surface area contributed by atoms with Gasteiger partial charge in [-0.3, -0.25) is 9.59 Å². The van der Waals surface area contributed by atoms with Crippen molar-refractivity contribution in [3.8, 4) is 5.75 Å². The number of para-hydroxylation sites is 2. The number of nitrogens with zero attached hydrogens (tertiary/aromatic N) is 1. The third kappa shape index (κ3) is 2.94. The topological polar surface area (TPSA) is 46.6 Å². The monoisotopic (exact) mass is 329 g/mol. The number of carbonyl (C=O) groups is 2. The maximum atomic E-state index is 12.1. The van der Waals surface area contributed by atoms with Gasteiger partial charge in [0.15, 0.2) is 0 Å². The molecule has 118 valence electrons. The fourth-order valence-electron chi connectivity index (χ4n) is 2.65. The normalized spacial score (nSPS) is 13.4. The first-order chi connectivity index (χ1) is 11.1. The minimum absolute atomic E-state index is 0.377. The van der Waals surface area contributed by atoms with Crippen molar-refractivity contribution < 1.29 is 14.3 Å². The van der Waals surface area contributed by atoms with E-state index in [1.54, 1.807) is 18.2 Å². The minimum atomic E-state index is -0.524. The molecule has 3 rings (SSSR count). The van der Waals surface area contributed by atoms with Crippen molar-refractivity contribution in [2.24, 2.45) is 0 Å². The van der Waals surface area contributed by atoms with Gasteiger partial charge >= 0.3 is 0 Å². The number of benzene rings is 2. The Bertz CT molecular complexity index is 773. The van der Waals surface area contributed by atoms with Gasteiger partial charge in [-0.1, -0.05) is 35.9 Å². The van der Waals surface area contributed by atoms with Crippen LogP contribution >= 0.6 is 11.6 Å². The van der Waals surface area contributed by atoms with Gasteiger partial charge in [0.25, 0.3) is 11.7 Å². The summed E-state index contributed by atoms with van der Waals surface area (Å²) in [5, 5.41) is 0.418. The van der Waals surface area contributed by atoms with Crippen molar-refractivity contribution in [2.45, 2.75) is 13.3 Å². The van der Waals surface area contributed by atoms with Crippen molar-refractivity contribution in [2.75, 3.05) is 18.1 Å². The molecule has 0 unspecified atom stereocenters. The Labute approximate surface area is 139 Å². The number of rotatable bonds is 5. The van der Waals surface area contributed by atoms with Crippen LogP contribution in [-0.4, -0.2) is 24.8 Å². The van der Waals surface area contributed by atoms with Crippen LogP contribution in [-0.2, 0) is 4.79 Å². The smallest absolute Gasteiger partial charge is 0.299 e. The van der Waals surface area contributed by atoms with Gasteiger partial charge in [0.05, 0.1) is 22.9 Å². The van der Waals surface area contributed by atoms with E-state index in [9.17, 15) is 9.59 Å². The zero-order valence-corrected chi connectivity index (χ0v) is 13.5. The van der Waals surface area contributed by atoms with E-state index in [1.807, 2.05) is 31.2 Å². The highest BCUT2D eigenvalue weighted by molar-refractivity contribution is 6.54. The minimum Gasteiger partial charge on any atom is -0.493 e. The van der Waals surface area contributed by atoms with E-state index in [2.05, 4.69) is 0 Å². The largest absolute Gasteiger partial charge is 0.493 e. The highest BCUT2D eigenvalue weighted by Crippen LogP contribution is 2.35. The molecule has 0 spiro atoms. The van der Waals surface area contributed by atoms with Crippen LogP contribution in [0.15, 0.2) is 42.5 Å². The molecule has 0 radical (unpaired) electrons. The Morgan fingerprint density at radius 1 is 1.09 bits per heavy atom. The second-order valence-corrected chi connectivity index (χ2v) is 5.80. The van der Waals surface area contributed by atoms with E-state index in [-0.39, 0.29) is 0 Å². The van der Waals surface area contributed by atoms with Crippen LogP contribution in [0, 0.1) is 6.92 Å². The summed E-state index contributed by atoms with van der Waals surface area (Å²) in [6.07, 6.45) is 0.609. The van der Waals surface area contributed by atoms with E-state index in [0.29, 0.717) is 35.8 Å². The third-order valence-corrected chi connectivity index (χ3v) is 4.12. The Kier molecular flexibility index (Phi) is 4.35. The number of aryl methyl sites for hydroxylation is 1. The number of amides is 1. The van der Waals surface area contributed by atoms with Crippen molar-refractivity contribution in [1.29, 1.82) is 0 Å². The zero-order chi connectivity index (χ0) is 16.4. The van der Waals surface area contributed by atoms with Crippen LogP contribution in [0.5, 0.6) is 5.75 Å². The van der Waals surface area contributed by atoms with Crippen LogP contribution in [0.2, 0.25) is 5.02 Å². The molecule has 2 aromatic carbocycles.